The highest BCUT2D eigenvalue weighted by Crippen LogP contribution is 2.47. The Morgan fingerprint density at radius 3 is 2.28 bits per heavy atom. The zero-order valence-corrected chi connectivity index (χ0v) is 15.2. The second-order valence-corrected chi connectivity index (χ2v) is 6.99. The molecular formula is C23H23N2+. The maximum atomic E-state index is 2.31. The number of nitrogens with zero attached hydrogens (tertiary/aromatic N) is 2. The Morgan fingerprint density at radius 2 is 1.60 bits per heavy atom. The molecular weight excluding hydrogens is 304 g/mol. The Hall–Kier alpha value is -2.87. The van der Waals surface area contributed by atoms with Crippen molar-refractivity contribution in [2.24, 2.45) is 0 Å². The molecule has 124 valence electrons. The van der Waals surface area contributed by atoms with Crippen molar-refractivity contribution in [2.45, 2.75) is 0 Å². The molecule has 0 saturated carbocycles. The fourth-order valence-electron chi connectivity index (χ4n) is 3.56. The maximum Gasteiger partial charge on any atom is 0.200 e. The Kier molecular flexibility index (Phi) is 3.69. The second kappa shape index (κ2) is 5.89. The smallest absolute Gasteiger partial charge is 0.200 e. The molecule has 2 nitrogen and oxygen atoms in total. The van der Waals surface area contributed by atoms with Crippen LogP contribution in [0.2, 0.25) is 0 Å². The van der Waals surface area contributed by atoms with Gasteiger partial charge in [0.1, 0.15) is 14.1 Å². The van der Waals surface area contributed by atoms with Crippen LogP contribution < -0.4 is 4.90 Å². The summed E-state index contributed by atoms with van der Waals surface area (Å²) in [6, 6.07) is 17.5. The normalized spacial score (nSPS) is 15.0. The van der Waals surface area contributed by atoms with Gasteiger partial charge in [-0.15, -0.1) is 0 Å². The van der Waals surface area contributed by atoms with Gasteiger partial charge in [0.15, 0.2) is 5.71 Å². The summed E-state index contributed by atoms with van der Waals surface area (Å²) in [5.41, 5.74) is 10.4. The molecule has 0 aromatic heterocycles. The van der Waals surface area contributed by atoms with Crippen molar-refractivity contribution in [3.8, 4) is 0 Å². The summed E-state index contributed by atoms with van der Waals surface area (Å²) in [6.07, 6.45) is 6.78. The number of anilines is 1. The fraction of sp³-hybridized carbons (Fsp3) is 0.174. The molecule has 2 aliphatic carbocycles. The molecule has 0 aliphatic heterocycles. The average molecular weight is 327 g/mol. The first-order valence-electron chi connectivity index (χ1n) is 8.62. The van der Waals surface area contributed by atoms with E-state index in [1.165, 1.54) is 44.8 Å². The second-order valence-electron chi connectivity index (χ2n) is 6.99. The molecule has 25 heavy (non-hydrogen) atoms. The third kappa shape index (κ3) is 2.54. The Morgan fingerprint density at radius 1 is 0.840 bits per heavy atom. The van der Waals surface area contributed by atoms with Crippen LogP contribution in [-0.2, 0) is 0 Å². The monoisotopic (exact) mass is 327 g/mol. The summed E-state index contributed by atoms with van der Waals surface area (Å²) < 4.78 is 2.16. The number of rotatable bonds is 2. The van der Waals surface area contributed by atoms with Gasteiger partial charge in [-0.3, -0.25) is 0 Å². The highest BCUT2D eigenvalue weighted by atomic mass is 15.1. The van der Waals surface area contributed by atoms with E-state index in [1.54, 1.807) is 0 Å². The summed E-state index contributed by atoms with van der Waals surface area (Å²) in [5, 5.41) is 0. The van der Waals surface area contributed by atoms with Crippen LogP contribution in [0.3, 0.4) is 0 Å². The zero-order chi connectivity index (χ0) is 17.6. The molecule has 2 aromatic carbocycles. The molecule has 0 fully saturated rings. The SMILES string of the molecule is CN(C)c1ccc2c(c1)C1=CC(=[N+](C)C)C=CC1=C2c1ccccc1. The van der Waals surface area contributed by atoms with Crippen LogP contribution in [0.5, 0.6) is 0 Å². The van der Waals surface area contributed by atoms with Gasteiger partial charge in [-0.25, -0.2) is 4.58 Å². The van der Waals surface area contributed by atoms with E-state index in [4.69, 9.17) is 0 Å². The third-order valence-corrected chi connectivity index (χ3v) is 4.93. The van der Waals surface area contributed by atoms with Crippen LogP contribution in [0.25, 0.3) is 11.1 Å². The van der Waals surface area contributed by atoms with E-state index < -0.39 is 0 Å². The molecule has 0 atom stereocenters. The topological polar surface area (TPSA) is 6.25 Å². The third-order valence-electron chi connectivity index (χ3n) is 4.93. The van der Waals surface area contributed by atoms with Gasteiger partial charge in [0, 0.05) is 31.9 Å². The molecule has 0 radical (unpaired) electrons. The van der Waals surface area contributed by atoms with Gasteiger partial charge >= 0.3 is 0 Å². The van der Waals surface area contributed by atoms with Crippen molar-refractivity contribution < 1.29 is 4.58 Å². The number of fused-ring (bicyclic) bond motifs is 3. The summed E-state index contributed by atoms with van der Waals surface area (Å²) >= 11 is 0. The zero-order valence-electron chi connectivity index (χ0n) is 15.2. The highest BCUT2D eigenvalue weighted by molar-refractivity contribution is 6.18. The van der Waals surface area contributed by atoms with Gasteiger partial charge in [-0.1, -0.05) is 36.4 Å². The van der Waals surface area contributed by atoms with Crippen LogP contribution in [0.15, 0.2) is 72.3 Å². The summed E-state index contributed by atoms with van der Waals surface area (Å²) in [4.78, 5) is 2.16. The molecule has 0 heterocycles. The summed E-state index contributed by atoms with van der Waals surface area (Å²) in [5.74, 6) is 0. The molecule has 0 spiro atoms. The van der Waals surface area contributed by atoms with E-state index in [0.29, 0.717) is 0 Å². The lowest BCUT2D eigenvalue weighted by Crippen LogP contribution is -2.11. The van der Waals surface area contributed by atoms with E-state index >= 15 is 0 Å². The van der Waals surface area contributed by atoms with Crippen LogP contribution in [0.1, 0.15) is 16.7 Å². The predicted molar refractivity (Wildman–Crippen MR) is 107 cm³/mol. The Balaban J connectivity index is 2.00. The van der Waals surface area contributed by atoms with E-state index in [1.807, 2.05) is 0 Å². The lowest BCUT2D eigenvalue weighted by atomic mass is 9.95. The van der Waals surface area contributed by atoms with E-state index in [9.17, 15) is 0 Å². The minimum absolute atomic E-state index is 1.23. The van der Waals surface area contributed by atoms with Crippen molar-refractivity contribution in [1.82, 2.24) is 0 Å². The molecule has 0 amide bonds. The highest BCUT2D eigenvalue weighted by Gasteiger charge is 2.29. The Bertz CT molecular complexity index is 966. The van der Waals surface area contributed by atoms with Crippen molar-refractivity contribution in [3.63, 3.8) is 0 Å². The first-order valence-corrected chi connectivity index (χ1v) is 8.62. The molecule has 0 saturated heterocycles. The first-order chi connectivity index (χ1) is 12.1. The molecule has 0 unspecified atom stereocenters. The first kappa shape index (κ1) is 15.6. The predicted octanol–water partition coefficient (Wildman–Crippen LogP) is 4.23. The van der Waals surface area contributed by atoms with Crippen molar-refractivity contribution in [2.75, 3.05) is 33.1 Å². The lowest BCUT2D eigenvalue weighted by molar-refractivity contribution is -0.462. The van der Waals surface area contributed by atoms with Gasteiger partial charge in [-0.2, -0.15) is 0 Å². The minimum atomic E-state index is 1.23. The lowest BCUT2D eigenvalue weighted by Gasteiger charge is -2.15. The molecule has 0 N–H and O–H groups in total. The van der Waals surface area contributed by atoms with Crippen molar-refractivity contribution in [1.29, 1.82) is 0 Å². The number of benzene rings is 2. The fourth-order valence-corrected chi connectivity index (χ4v) is 3.56. The standard InChI is InChI=1S/C23H23N2/c1-24(2)17-10-12-19-21(14-17)22-15-18(25(3)4)11-13-20(22)23(19)16-8-6-5-7-9-16/h5-15H,1-4H3/q+1. The molecule has 4 rings (SSSR count). The van der Waals surface area contributed by atoms with Crippen LogP contribution in [0, 0.1) is 0 Å². The van der Waals surface area contributed by atoms with Crippen molar-refractivity contribution >= 4 is 22.5 Å². The van der Waals surface area contributed by atoms with Gasteiger partial charge in [0.05, 0.1) is 0 Å². The summed E-state index contributed by atoms with van der Waals surface area (Å²) in [7, 11) is 8.37. The van der Waals surface area contributed by atoms with Crippen LogP contribution in [0.4, 0.5) is 5.69 Å². The quantitative estimate of drug-likeness (QED) is 0.748. The van der Waals surface area contributed by atoms with Crippen LogP contribution in [-0.4, -0.2) is 38.5 Å². The average Bonchev–Trinajstić information content (AvgIpc) is 2.95. The number of allylic oxidation sites excluding steroid dienone is 5. The minimum Gasteiger partial charge on any atom is -0.378 e. The van der Waals surface area contributed by atoms with Gasteiger partial charge in [0.25, 0.3) is 0 Å². The van der Waals surface area contributed by atoms with Gasteiger partial charge < -0.3 is 4.90 Å². The van der Waals surface area contributed by atoms with E-state index in [2.05, 4.69) is 104 Å². The molecule has 2 aromatic rings. The Labute approximate surface area is 149 Å². The van der Waals surface area contributed by atoms with E-state index in [-0.39, 0.29) is 0 Å². The van der Waals surface area contributed by atoms with Crippen molar-refractivity contribution in [3.05, 3.63) is 89.0 Å². The van der Waals surface area contributed by atoms with Gasteiger partial charge in [0.2, 0.25) is 0 Å². The molecule has 2 aliphatic rings. The maximum absolute atomic E-state index is 2.31. The molecule has 2 heteroatoms. The van der Waals surface area contributed by atoms with E-state index in [0.717, 1.165) is 0 Å². The molecule has 0 bridgehead atoms. The van der Waals surface area contributed by atoms with Gasteiger partial charge in [-0.05, 0) is 51.6 Å². The number of hydrogen-bond acceptors (Lipinski definition) is 1. The number of hydrogen-bond donors (Lipinski definition) is 0. The summed E-state index contributed by atoms with van der Waals surface area (Å²) in [6.45, 7) is 0. The largest absolute Gasteiger partial charge is 0.378 e. The van der Waals surface area contributed by atoms with Crippen LogP contribution >= 0.6 is 0 Å².